The summed E-state index contributed by atoms with van der Waals surface area (Å²) in [5, 5.41) is 3.42. The molecule has 104 valence electrons. The van der Waals surface area contributed by atoms with Crippen molar-refractivity contribution in [3.63, 3.8) is 0 Å². The first-order chi connectivity index (χ1) is 9.34. The van der Waals surface area contributed by atoms with Crippen molar-refractivity contribution in [3.05, 3.63) is 23.8 Å². The Kier molecular flexibility index (Phi) is 4.06. The van der Waals surface area contributed by atoms with E-state index in [4.69, 9.17) is 9.72 Å². The highest BCUT2D eigenvalue weighted by molar-refractivity contribution is 5.11. The third-order valence-electron chi connectivity index (χ3n) is 4.14. The predicted molar refractivity (Wildman–Crippen MR) is 73.1 cm³/mol. The van der Waals surface area contributed by atoms with Crippen molar-refractivity contribution in [1.82, 2.24) is 20.2 Å². The van der Waals surface area contributed by atoms with Crippen molar-refractivity contribution in [2.45, 2.75) is 24.8 Å². The quantitative estimate of drug-likeness (QED) is 0.860. The van der Waals surface area contributed by atoms with Crippen LogP contribution in [0.3, 0.4) is 0 Å². The molecule has 0 amide bonds. The minimum atomic E-state index is 0.300. The molecule has 0 spiro atoms. The molecule has 1 aromatic rings. The largest absolute Gasteiger partial charge is 0.381 e. The van der Waals surface area contributed by atoms with Gasteiger partial charge in [-0.05, 0) is 26.0 Å². The second kappa shape index (κ2) is 5.94. The van der Waals surface area contributed by atoms with Gasteiger partial charge in [0.2, 0.25) is 0 Å². The fraction of sp³-hybridized carbons (Fsp3) is 0.714. The van der Waals surface area contributed by atoms with Gasteiger partial charge in [-0.2, -0.15) is 0 Å². The van der Waals surface area contributed by atoms with Gasteiger partial charge in [0.1, 0.15) is 5.82 Å². The molecule has 2 fully saturated rings. The maximum absolute atomic E-state index is 5.42. The number of ether oxygens (including phenoxy) is 1. The van der Waals surface area contributed by atoms with E-state index in [2.05, 4.69) is 28.3 Å². The van der Waals surface area contributed by atoms with Gasteiger partial charge in [-0.15, -0.1) is 0 Å². The lowest BCUT2D eigenvalue weighted by Gasteiger charge is -2.32. The minimum Gasteiger partial charge on any atom is -0.381 e. The molecule has 2 saturated heterocycles. The fourth-order valence-electron chi connectivity index (χ4n) is 2.86. The van der Waals surface area contributed by atoms with Crippen LogP contribution in [-0.4, -0.2) is 54.8 Å². The van der Waals surface area contributed by atoms with Crippen LogP contribution in [0.15, 0.2) is 12.3 Å². The first-order valence-corrected chi connectivity index (χ1v) is 7.16. The first-order valence-electron chi connectivity index (χ1n) is 7.16. The zero-order chi connectivity index (χ0) is 13.1. The topological polar surface area (TPSA) is 50.3 Å². The Bertz CT molecular complexity index is 420. The number of nitrogens with one attached hydrogen (secondary N) is 1. The van der Waals surface area contributed by atoms with Gasteiger partial charge < -0.3 is 10.1 Å². The summed E-state index contributed by atoms with van der Waals surface area (Å²) in [5.74, 6) is 1.50. The Morgan fingerprint density at radius 1 is 1.37 bits per heavy atom. The zero-order valence-corrected chi connectivity index (χ0v) is 11.5. The molecule has 5 nitrogen and oxygen atoms in total. The van der Waals surface area contributed by atoms with Crippen LogP contribution in [0.2, 0.25) is 0 Å². The number of hydrogen-bond acceptors (Lipinski definition) is 5. The fourth-order valence-corrected chi connectivity index (χ4v) is 2.86. The summed E-state index contributed by atoms with van der Waals surface area (Å²) in [4.78, 5) is 11.6. The van der Waals surface area contributed by atoms with E-state index in [0.29, 0.717) is 12.0 Å². The lowest BCUT2D eigenvalue weighted by molar-refractivity contribution is 0.0843. The van der Waals surface area contributed by atoms with Crippen molar-refractivity contribution < 1.29 is 4.74 Å². The van der Waals surface area contributed by atoms with E-state index in [1.165, 1.54) is 5.69 Å². The summed E-state index contributed by atoms with van der Waals surface area (Å²) < 4.78 is 5.42. The van der Waals surface area contributed by atoms with Gasteiger partial charge >= 0.3 is 0 Å². The Morgan fingerprint density at radius 2 is 2.21 bits per heavy atom. The summed E-state index contributed by atoms with van der Waals surface area (Å²) in [6.07, 6.45) is 4.07. The molecule has 0 bridgehead atoms. The van der Waals surface area contributed by atoms with E-state index in [9.17, 15) is 0 Å². The lowest BCUT2D eigenvalue weighted by Crippen LogP contribution is -2.44. The molecule has 19 heavy (non-hydrogen) atoms. The van der Waals surface area contributed by atoms with Crippen LogP contribution in [-0.2, 0) is 4.74 Å². The highest BCUT2D eigenvalue weighted by Gasteiger charge is 2.24. The minimum absolute atomic E-state index is 0.300. The zero-order valence-electron chi connectivity index (χ0n) is 11.5. The van der Waals surface area contributed by atoms with E-state index in [-0.39, 0.29) is 0 Å². The average Bonchev–Trinajstić information content (AvgIpc) is 2.49. The highest BCUT2D eigenvalue weighted by Crippen LogP contribution is 2.26. The van der Waals surface area contributed by atoms with Gasteiger partial charge in [-0.25, -0.2) is 9.97 Å². The molecule has 0 radical (unpaired) electrons. The third-order valence-corrected chi connectivity index (χ3v) is 4.14. The van der Waals surface area contributed by atoms with E-state index in [0.717, 1.165) is 51.5 Å². The van der Waals surface area contributed by atoms with Crippen molar-refractivity contribution in [2.75, 3.05) is 39.9 Å². The number of likely N-dealkylation sites (N-methyl/N-ethyl adjacent to an activating group) is 1. The molecule has 5 heteroatoms. The number of hydrogen-bond donors (Lipinski definition) is 1. The summed E-state index contributed by atoms with van der Waals surface area (Å²) in [5.41, 5.74) is 1.19. The molecule has 2 aliphatic heterocycles. The van der Waals surface area contributed by atoms with E-state index >= 15 is 0 Å². The molecular formula is C14H22N4O. The Hall–Kier alpha value is -1.04. The standard InChI is InChI=1S/C14H22N4O/c1-18-7-6-15-10-13(18)14-16-5-2-12(17-14)11-3-8-19-9-4-11/h2,5,11,13,15H,3-4,6-10H2,1H3. The van der Waals surface area contributed by atoms with E-state index < -0.39 is 0 Å². The van der Waals surface area contributed by atoms with Crippen LogP contribution in [0.25, 0.3) is 0 Å². The summed E-state index contributed by atoms with van der Waals surface area (Å²) in [7, 11) is 2.15. The monoisotopic (exact) mass is 262 g/mol. The van der Waals surface area contributed by atoms with E-state index in [1.54, 1.807) is 0 Å². The van der Waals surface area contributed by atoms with Crippen LogP contribution < -0.4 is 5.32 Å². The normalized spacial score (nSPS) is 26.5. The average molecular weight is 262 g/mol. The second-order valence-electron chi connectivity index (χ2n) is 5.43. The number of piperazine rings is 1. The molecule has 1 N–H and O–H groups in total. The van der Waals surface area contributed by atoms with Gasteiger partial charge in [-0.3, -0.25) is 4.90 Å². The van der Waals surface area contributed by atoms with Gasteiger partial charge in [0, 0.05) is 50.7 Å². The maximum atomic E-state index is 5.42. The lowest BCUT2D eigenvalue weighted by atomic mass is 9.96. The maximum Gasteiger partial charge on any atom is 0.146 e. The van der Waals surface area contributed by atoms with Crippen molar-refractivity contribution in [1.29, 1.82) is 0 Å². The Morgan fingerprint density at radius 3 is 3.00 bits per heavy atom. The van der Waals surface area contributed by atoms with Gasteiger partial charge in [0.05, 0.1) is 6.04 Å². The molecule has 1 aromatic heterocycles. The molecule has 3 rings (SSSR count). The second-order valence-corrected chi connectivity index (χ2v) is 5.43. The molecule has 0 saturated carbocycles. The van der Waals surface area contributed by atoms with Gasteiger partial charge in [0.15, 0.2) is 0 Å². The Labute approximate surface area is 114 Å². The van der Waals surface area contributed by atoms with Crippen LogP contribution in [0.4, 0.5) is 0 Å². The molecule has 1 atom stereocenters. The number of nitrogens with zero attached hydrogens (tertiary/aromatic N) is 3. The van der Waals surface area contributed by atoms with Crippen LogP contribution in [0, 0.1) is 0 Å². The molecule has 1 unspecified atom stereocenters. The Balaban J connectivity index is 1.78. The molecular weight excluding hydrogens is 240 g/mol. The predicted octanol–water partition coefficient (Wildman–Crippen LogP) is 0.947. The van der Waals surface area contributed by atoms with Crippen molar-refractivity contribution in [2.24, 2.45) is 0 Å². The highest BCUT2D eigenvalue weighted by atomic mass is 16.5. The first kappa shape index (κ1) is 13.0. The van der Waals surface area contributed by atoms with Crippen molar-refractivity contribution >= 4 is 0 Å². The number of aromatic nitrogens is 2. The van der Waals surface area contributed by atoms with Crippen molar-refractivity contribution in [3.8, 4) is 0 Å². The van der Waals surface area contributed by atoms with Crippen LogP contribution in [0.5, 0.6) is 0 Å². The van der Waals surface area contributed by atoms with Gasteiger partial charge in [-0.1, -0.05) is 0 Å². The smallest absolute Gasteiger partial charge is 0.146 e. The van der Waals surface area contributed by atoms with Crippen LogP contribution in [0.1, 0.15) is 36.3 Å². The number of rotatable bonds is 2. The summed E-state index contributed by atoms with van der Waals surface area (Å²) in [6, 6.07) is 2.36. The van der Waals surface area contributed by atoms with E-state index in [1.807, 2.05) is 6.20 Å². The molecule has 3 heterocycles. The molecule has 0 aromatic carbocycles. The third kappa shape index (κ3) is 2.94. The molecule has 0 aliphatic carbocycles. The van der Waals surface area contributed by atoms with Gasteiger partial charge in [0.25, 0.3) is 0 Å². The summed E-state index contributed by atoms with van der Waals surface area (Å²) >= 11 is 0. The SMILES string of the molecule is CN1CCNCC1c1nccc(C2CCOCC2)n1. The van der Waals surface area contributed by atoms with Crippen LogP contribution >= 0.6 is 0 Å². The molecule has 2 aliphatic rings. The summed E-state index contributed by atoms with van der Waals surface area (Å²) in [6.45, 7) is 4.75.